The summed E-state index contributed by atoms with van der Waals surface area (Å²) in [4.78, 5) is 12.5. The van der Waals surface area contributed by atoms with E-state index in [1.165, 1.54) is 22.7 Å². The van der Waals surface area contributed by atoms with Crippen LogP contribution in [0.1, 0.15) is 38.1 Å². The van der Waals surface area contributed by atoms with Gasteiger partial charge in [0.25, 0.3) is 15.9 Å². The highest BCUT2D eigenvalue weighted by Gasteiger charge is 2.23. The molecule has 0 saturated heterocycles. The molecule has 1 aromatic heterocycles. The maximum atomic E-state index is 12.6. The highest BCUT2D eigenvalue weighted by molar-refractivity contribution is 7.94. The van der Waals surface area contributed by atoms with Gasteiger partial charge in [0.2, 0.25) is 0 Å². The molecular weight excluding hydrogens is 368 g/mol. The average molecular weight is 395 g/mol. The second-order valence-corrected chi connectivity index (χ2v) is 10.1. The van der Waals surface area contributed by atoms with Crippen LogP contribution in [0.4, 0.5) is 5.69 Å². The summed E-state index contributed by atoms with van der Waals surface area (Å²) in [6.07, 6.45) is 0. The van der Waals surface area contributed by atoms with Gasteiger partial charge in [0.15, 0.2) is 0 Å². The Hall–Kier alpha value is -1.86. The normalized spacial score (nSPS) is 12.0. The number of benzene rings is 1. The highest BCUT2D eigenvalue weighted by Crippen LogP contribution is 2.25. The number of carbonyl (C=O) groups is 1. The van der Waals surface area contributed by atoms with Crippen LogP contribution in [0.3, 0.4) is 0 Å². The maximum Gasteiger partial charge on any atom is 0.273 e. The molecule has 1 heterocycles. The van der Waals surface area contributed by atoms with Gasteiger partial charge in [-0.15, -0.1) is 11.3 Å². The highest BCUT2D eigenvalue weighted by atomic mass is 32.2. The van der Waals surface area contributed by atoms with E-state index in [-0.39, 0.29) is 11.9 Å². The zero-order valence-electron chi connectivity index (χ0n) is 15.8. The van der Waals surface area contributed by atoms with Crippen LogP contribution < -0.4 is 9.62 Å². The number of carbonyl (C=O) groups excluding carboxylic acids is 1. The van der Waals surface area contributed by atoms with Gasteiger partial charge in [0, 0.05) is 18.7 Å². The predicted molar refractivity (Wildman–Crippen MR) is 107 cm³/mol. The molecule has 0 unspecified atom stereocenters. The van der Waals surface area contributed by atoms with Crippen molar-refractivity contribution >= 4 is 33.0 Å². The molecule has 0 atom stereocenters. The van der Waals surface area contributed by atoms with Crippen LogP contribution in [-0.2, 0) is 10.0 Å². The molecule has 0 aliphatic rings. The summed E-state index contributed by atoms with van der Waals surface area (Å²) < 4.78 is 26.6. The number of nitrogens with zero attached hydrogens (tertiary/aromatic N) is 1. The van der Waals surface area contributed by atoms with E-state index < -0.39 is 10.0 Å². The van der Waals surface area contributed by atoms with E-state index >= 15 is 0 Å². The SMILES string of the molecule is CC(C)C(NC(=O)c1ccc(N(C)S(=O)(=O)c2cccs2)cc1)C(C)C. The molecule has 142 valence electrons. The summed E-state index contributed by atoms with van der Waals surface area (Å²) in [5.74, 6) is 0.522. The van der Waals surface area contributed by atoms with Crippen LogP contribution in [0, 0.1) is 11.8 Å². The summed E-state index contributed by atoms with van der Waals surface area (Å²) in [7, 11) is -2.06. The molecule has 1 N–H and O–H groups in total. The van der Waals surface area contributed by atoms with Gasteiger partial charge in [-0.25, -0.2) is 8.42 Å². The molecule has 7 heteroatoms. The van der Waals surface area contributed by atoms with Gasteiger partial charge in [-0.1, -0.05) is 33.8 Å². The topological polar surface area (TPSA) is 66.5 Å². The molecule has 1 aromatic carbocycles. The Labute approximate surface area is 160 Å². The first-order chi connectivity index (χ1) is 12.1. The van der Waals surface area contributed by atoms with Crippen molar-refractivity contribution in [2.45, 2.75) is 37.9 Å². The van der Waals surface area contributed by atoms with Gasteiger partial charge in [-0.2, -0.15) is 0 Å². The molecule has 1 amide bonds. The number of hydrogen-bond donors (Lipinski definition) is 1. The van der Waals surface area contributed by atoms with Crippen LogP contribution in [0.2, 0.25) is 0 Å². The van der Waals surface area contributed by atoms with Gasteiger partial charge >= 0.3 is 0 Å². The number of anilines is 1. The first-order valence-corrected chi connectivity index (χ1v) is 10.9. The average Bonchev–Trinajstić information content (AvgIpc) is 3.13. The number of hydrogen-bond acceptors (Lipinski definition) is 4. The van der Waals surface area contributed by atoms with Crippen LogP contribution in [0.25, 0.3) is 0 Å². The zero-order valence-corrected chi connectivity index (χ0v) is 17.4. The third kappa shape index (κ3) is 4.45. The molecule has 0 aliphatic heterocycles. The van der Waals surface area contributed by atoms with Gasteiger partial charge < -0.3 is 5.32 Å². The molecule has 0 fully saturated rings. The van der Waals surface area contributed by atoms with Crippen molar-refractivity contribution in [1.29, 1.82) is 0 Å². The number of rotatable bonds is 7. The summed E-state index contributed by atoms with van der Waals surface area (Å²) >= 11 is 1.18. The van der Waals surface area contributed by atoms with Crippen molar-refractivity contribution in [1.82, 2.24) is 5.32 Å². The van der Waals surface area contributed by atoms with Crippen LogP contribution in [0.15, 0.2) is 46.0 Å². The van der Waals surface area contributed by atoms with E-state index in [0.717, 1.165) is 0 Å². The van der Waals surface area contributed by atoms with Crippen molar-refractivity contribution < 1.29 is 13.2 Å². The monoisotopic (exact) mass is 394 g/mol. The first kappa shape index (κ1) is 20.5. The molecule has 26 heavy (non-hydrogen) atoms. The number of amides is 1. The Morgan fingerprint density at radius 1 is 1.04 bits per heavy atom. The summed E-state index contributed by atoms with van der Waals surface area (Å²) in [5.41, 5.74) is 1.03. The Balaban J connectivity index is 2.16. The Morgan fingerprint density at radius 2 is 1.62 bits per heavy atom. The van der Waals surface area contributed by atoms with Crippen LogP contribution >= 0.6 is 11.3 Å². The molecule has 0 radical (unpaired) electrons. The number of thiophene rings is 1. The van der Waals surface area contributed by atoms with Crippen LogP contribution in [0.5, 0.6) is 0 Å². The second-order valence-electron chi connectivity index (χ2n) is 6.94. The van der Waals surface area contributed by atoms with Gasteiger partial charge in [0.05, 0.1) is 5.69 Å². The van der Waals surface area contributed by atoms with Crippen molar-refractivity contribution in [3.63, 3.8) is 0 Å². The lowest BCUT2D eigenvalue weighted by atomic mass is 9.93. The lowest BCUT2D eigenvalue weighted by molar-refractivity contribution is 0.0910. The van der Waals surface area contributed by atoms with Gasteiger partial charge in [-0.3, -0.25) is 9.10 Å². The van der Waals surface area contributed by atoms with E-state index in [0.29, 0.717) is 27.3 Å². The van der Waals surface area contributed by atoms with Crippen LogP contribution in [-0.4, -0.2) is 27.4 Å². The fourth-order valence-corrected chi connectivity index (χ4v) is 5.20. The Morgan fingerprint density at radius 3 is 2.08 bits per heavy atom. The summed E-state index contributed by atoms with van der Waals surface area (Å²) in [5, 5.41) is 4.79. The molecule has 0 aliphatic carbocycles. The number of sulfonamides is 1. The van der Waals surface area contributed by atoms with E-state index in [4.69, 9.17) is 0 Å². The summed E-state index contributed by atoms with van der Waals surface area (Å²) in [6.45, 7) is 8.33. The molecule has 5 nitrogen and oxygen atoms in total. The Bertz CT molecular complexity index is 818. The molecule has 2 aromatic rings. The standard InChI is InChI=1S/C19H26N2O3S2/c1-13(2)18(14(3)4)20-19(22)15-8-10-16(11-9-15)21(5)26(23,24)17-7-6-12-25-17/h6-14,18H,1-5H3,(H,20,22). The fourth-order valence-electron chi connectivity index (χ4n) is 2.84. The van der Waals surface area contributed by atoms with E-state index in [2.05, 4.69) is 33.0 Å². The second kappa shape index (κ2) is 8.22. The summed E-state index contributed by atoms with van der Waals surface area (Å²) in [6, 6.07) is 9.99. The smallest absolute Gasteiger partial charge is 0.273 e. The molecule has 0 spiro atoms. The lowest BCUT2D eigenvalue weighted by Gasteiger charge is -2.26. The zero-order chi connectivity index (χ0) is 19.5. The molecule has 0 saturated carbocycles. The number of nitrogens with one attached hydrogen (secondary N) is 1. The van der Waals surface area contributed by atoms with E-state index in [9.17, 15) is 13.2 Å². The minimum Gasteiger partial charge on any atom is -0.349 e. The van der Waals surface area contributed by atoms with E-state index in [1.54, 1.807) is 41.8 Å². The third-order valence-corrected chi connectivity index (χ3v) is 7.50. The van der Waals surface area contributed by atoms with Gasteiger partial charge in [-0.05, 0) is 47.5 Å². The van der Waals surface area contributed by atoms with E-state index in [1.807, 2.05) is 0 Å². The molecule has 2 rings (SSSR count). The van der Waals surface area contributed by atoms with Crippen molar-refractivity contribution in [3.05, 3.63) is 47.3 Å². The quantitative estimate of drug-likeness (QED) is 0.772. The fraction of sp³-hybridized carbons (Fsp3) is 0.421. The molecular formula is C19H26N2O3S2. The Kier molecular flexibility index (Phi) is 6.47. The minimum absolute atomic E-state index is 0.0871. The predicted octanol–water partition coefficient (Wildman–Crippen LogP) is 3.98. The third-order valence-electron chi connectivity index (χ3n) is 4.34. The first-order valence-electron chi connectivity index (χ1n) is 8.58. The van der Waals surface area contributed by atoms with Gasteiger partial charge in [0.1, 0.15) is 4.21 Å². The van der Waals surface area contributed by atoms with Crippen molar-refractivity contribution in [2.24, 2.45) is 11.8 Å². The lowest BCUT2D eigenvalue weighted by Crippen LogP contribution is -2.42. The largest absolute Gasteiger partial charge is 0.349 e. The van der Waals surface area contributed by atoms with Crippen molar-refractivity contribution in [3.8, 4) is 0 Å². The molecule has 0 bridgehead atoms. The maximum absolute atomic E-state index is 12.6. The minimum atomic E-state index is -3.57. The van der Waals surface area contributed by atoms with Crippen molar-refractivity contribution in [2.75, 3.05) is 11.4 Å².